The summed E-state index contributed by atoms with van der Waals surface area (Å²) in [5.41, 5.74) is 6.42. The lowest BCUT2D eigenvalue weighted by Gasteiger charge is -2.34. The van der Waals surface area contributed by atoms with E-state index in [1.54, 1.807) is 6.07 Å². The van der Waals surface area contributed by atoms with Gasteiger partial charge in [-0.25, -0.2) is 0 Å². The van der Waals surface area contributed by atoms with Crippen LogP contribution in [0, 0.1) is 12.3 Å². The van der Waals surface area contributed by atoms with Gasteiger partial charge in [-0.05, 0) is 47.3 Å². The lowest BCUT2D eigenvalue weighted by atomic mass is 9.78. The number of nitrogens with one attached hydrogen (secondary N) is 1. The molecule has 0 spiro atoms. The largest absolute Gasteiger partial charge is 0.409 e. The fourth-order valence-electron chi connectivity index (χ4n) is 2.40. The van der Waals surface area contributed by atoms with E-state index in [0.717, 1.165) is 10.0 Å². The molecule has 21 heavy (non-hydrogen) atoms. The van der Waals surface area contributed by atoms with Crippen molar-refractivity contribution in [3.8, 4) is 0 Å². The van der Waals surface area contributed by atoms with Crippen LogP contribution >= 0.6 is 15.9 Å². The van der Waals surface area contributed by atoms with Gasteiger partial charge in [-0.1, -0.05) is 17.3 Å². The van der Waals surface area contributed by atoms with Gasteiger partial charge in [0.05, 0.1) is 5.69 Å². The molecule has 6 nitrogen and oxygen atoms in total. The maximum absolute atomic E-state index is 12.7. The molecule has 114 valence electrons. The summed E-state index contributed by atoms with van der Waals surface area (Å²) in [6, 6.07) is 5.59. The van der Waals surface area contributed by atoms with Crippen molar-refractivity contribution in [2.24, 2.45) is 16.3 Å². The van der Waals surface area contributed by atoms with Crippen molar-refractivity contribution < 1.29 is 14.7 Å². The van der Waals surface area contributed by atoms with Crippen LogP contribution in [-0.2, 0) is 9.53 Å². The fraction of sp³-hybridized carbons (Fsp3) is 0.429. The number of aryl methyl sites for hydroxylation is 1. The van der Waals surface area contributed by atoms with Crippen LogP contribution in [0.25, 0.3) is 0 Å². The lowest BCUT2D eigenvalue weighted by Crippen LogP contribution is -2.50. The number of nitrogens with two attached hydrogens (primary N) is 1. The zero-order chi connectivity index (χ0) is 15.5. The second-order valence-electron chi connectivity index (χ2n) is 5.07. The molecule has 4 N–H and O–H groups in total. The summed E-state index contributed by atoms with van der Waals surface area (Å²) in [5, 5.41) is 14.9. The molecule has 1 saturated heterocycles. The molecular weight excluding hydrogens is 338 g/mol. The second kappa shape index (κ2) is 6.44. The Morgan fingerprint density at radius 3 is 2.76 bits per heavy atom. The predicted octanol–water partition coefficient (Wildman–Crippen LogP) is 2.24. The normalized spacial score (nSPS) is 18.3. The van der Waals surface area contributed by atoms with Gasteiger partial charge in [0, 0.05) is 17.7 Å². The highest BCUT2D eigenvalue weighted by molar-refractivity contribution is 9.10. The molecule has 2 rings (SSSR count). The quantitative estimate of drug-likeness (QED) is 0.335. The monoisotopic (exact) mass is 355 g/mol. The Hall–Kier alpha value is -1.60. The minimum atomic E-state index is -1.03. The van der Waals surface area contributed by atoms with E-state index in [1.165, 1.54) is 0 Å². The molecule has 0 aromatic heterocycles. The number of hydrogen-bond donors (Lipinski definition) is 3. The van der Waals surface area contributed by atoms with Crippen molar-refractivity contribution in [2.75, 3.05) is 18.5 Å². The number of carbonyl (C=O) groups excluding carboxylic acids is 1. The number of amidine groups is 1. The molecule has 1 aromatic carbocycles. The van der Waals surface area contributed by atoms with Crippen LogP contribution in [0.3, 0.4) is 0 Å². The minimum Gasteiger partial charge on any atom is -0.409 e. The van der Waals surface area contributed by atoms with Gasteiger partial charge in [0.25, 0.3) is 0 Å². The first kappa shape index (κ1) is 15.8. The van der Waals surface area contributed by atoms with Crippen molar-refractivity contribution in [3.63, 3.8) is 0 Å². The van der Waals surface area contributed by atoms with E-state index in [9.17, 15) is 4.79 Å². The second-order valence-corrected chi connectivity index (χ2v) is 5.86. The fourth-order valence-corrected chi connectivity index (χ4v) is 2.76. The number of halogens is 1. The molecule has 0 aliphatic carbocycles. The summed E-state index contributed by atoms with van der Waals surface area (Å²) < 4.78 is 6.10. The lowest BCUT2D eigenvalue weighted by molar-refractivity contribution is -0.126. The molecule has 7 heteroatoms. The summed E-state index contributed by atoms with van der Waals surface area (Å²) in [7, 11) is 0. The van der Waals surface area contributed by atoms with Gasteiger partial charge >= 0.3 is 0 Å². The number of benzene rings is 1. The number of ether oxygens (including phenoxy) is 1. The molecule has 1 heterocycles. The third-order valence-corrected chi connectivity index (χ3v) is 4.87. The first-order chi connectivity index (χ1) is 10.0. The van der Waals surface area contributed by atoms with Crippen molar-refractivity contribution in [3.05, 3.63) is 28.2 Å². The standard InChI is InChI=1S/C14H18BrN3O3/c1-9-3-2-4-10(11(9)15)17-13(19)14(12(16)18-20)5-7-21-8-6-14/h2-4,20H,5-8H2,1H3,(H2,16,18)(H,17,19). The van der Waals surface area contributed by atoms with E-state index in [0.29, 0.717) is 31.7 Å². The third-order valence-electron chi connectivity index (χ3n) is 3.82. The number of carbonyl (C=O) groups is 1. The van der Waals surface area contributed by atoms with Gasteiger partial charge in [-0.3, -0.25) is 4.79 Å². The molecule has 0 unspecified atom stereocenters. The average Bonchev–Trinajstić information content (AvgIpc) is 2.51. The Bertz CT molecular complexity index is 569. The molecule has 1 amide bonds. The topological polar surface area (TPSA) is 96.9 Å². The van der Waals surface area contributed by atoms with E-state index in [2.05, 4.69) is 26.4 Å². The van der Waals surface area contributed by atoms with Crippen LogP contribution in [0.1, 0.15) is 18.4 Å². The van der Waals surface area contributed by atoms with E-state index in [4.69, 9.17) is 15.7 Å². The van der Waals surface area contributed by atoms with Crippen LogP contribution in [0.2, 0.25) is 0 Å². The first-order valence-electron chi connectivity index (χ1n) is 6.63. The molecule has 0 atom stereocenters. The number of oxime groups is 1. The van der Waals surface area contributed by atoms with Crippen LogP contribution in [-0.4, -0.2) is 30.2 Å². The molecule has 1 fully saturated rings. The number of nitrogens with zero attached hydrogens (tertiary/aromatic N) is 1. The number of amides is 1. The summed E-state index contributed by atoms with van der Waals surface area (Å²) in [5.74, 6) is -0.362. The first-order valence-corrected chi connectivity index (χ1v) is 7.43. The number of hydrogen-bond acceptors (Lipinski definition) is 4. The van der Waals surface area contributed by atoms with Gasteiger partial charge in [-0.15, -0.1) is 0 Å². The Balaban J connectivity index is 2.29. The smallest absolute Gasteiger partial charge is 0.238 e. The van der Waals surface area contributed by atoms with Gasteiger partial charge < -0.3 is 21.0 Å². The van der Waals surface area contributed by atoms with Gasteiger partial charge in [0.2, 0.25) is 5.91 Å². The molecular formula is C14H18BrN3O3. The number of rotatable bonds is 3. The summed E-state index contributed by atoms with van der Waals surface area (Å²) >= 11 is 3.45. The van der Waals surface area contributed by atoms with Crippen molar-refractivity contribution >= 4 is 33.4 Å². The van der Waals surface area contributed by atoms with Crippen molar-refractivity contribution in [2.45, 2.75) is 19.8 Å². The summed E-state index contributed by atoms with van der Waals surface area (Å²) in [4.78, 5) is 12.7. The molecule has 1 aromatic rings. The highest BCUT2D eigenvalue weighted by Gasteiger charge is 2.44. The Kier molecular flexibility index (Phi) is 4.84. The number of anilines is 1. The Morgan fingerprint density at radius 2 is 2.14 bits per heavy atom. The minimum absolute atomic E-state index is 0.0768. The molecule has 1 aliphatic rings. The van der Waals surface area contributed by atoms with E-state index in [-0.39, 0.29) is 11.7 Å². The SMILES string of the molecule is Cc1cccc(NC(=O)C2(/C(N)=N/O)CCOCC2)c1Br. The molecule has 0 radical (unpaired) electrons. The van der Waals surface area contributed by atoms with Crippen molar-refractivity contribution in [1.82, 2.24) is 0 Å². The zero-order valence-electron chi connectivity index (χ0n) is 11.7. The van der Waals surface area contributed by atoms with Crippen LogP contribution in [0.15, 0.2) is 27.8 Å². The summed E-state index contributed by atoms with van der Waals surface area (Å²) in [6.07, 6.45) is 0.774. The third kappa shape index (κ3) is 3.03. The van der Waals surface area contributed by atoms with Crippen LogP contribution in [0.5, 0.6) is 0 Å². The van der Waals surface area contributed by atoms with E-state index in [1.807, 2.05) is 19.1 Å². The van der Waals surface area contributed by atoms with E-state index < -0.39 is 5.41 Å². The highest BCUT2D eigenvalue weighted by Crippen LogP contribution is 2.34. The maximum Gasteiger partial charge on any atom is 0.238 e. The predicted molar refractivity (Wildman–Crippen MR) is 83.4 cm³/mol. The van der Waals surface area contributed by atoms with Gasteiger partial charge in [-0.2, -0.15) is 0 Å². The molecule has 0 bridgehead atoms. The average molecular weight is 356 g/mol. The van der Waals surface area contributed by atoms with E-state index >= 15 is 0 Å². The van der Waals surface area contributed by atoms with Crippen LogP contribution in [0.4, 0.5) is 5.69 Å². The zero-order valence-corrected chi connectivity index (χ0v) is 13.3. The van der Waals surface area contributed by atoms with Gasteiger partial charge in [0.1, 0.15) is 5.41 Å². The molecule has 1 aliphatic heterocycles. The maximum atomic E-state index is 12.7. The summed E-state index contributed by atoms with van der Waals surface area (Å²) in [6.45, 7) is 2.74. The Labute approximate surface area is 131 Å². The highest BCUT2D eigenvalue weighted by atomic mass is 79.9. The van der Waals surface area contributed by atoms with Crippen LogP contribution < -0.4 is 11.1 Å². The van der Waals surface area contributed by atoms with Crippen molar-refractivity contribution in [1.29, 1.82) is 0 Å². The Morgan fingerprint density at radius 1 is 1.48 bits per heavy atom. The van der Waals surface area contributed by atoms with Gasteiger partial charge in [0.15, 0.2) is 5.84 Å². The molecule has 0 saturated carbocycles.